The van der Waals surface area contributed by atoms with Gasteiger partial charge < -0.3 is 9.84 Å². The third-order valence-electron chi connectivity index (χ3n) is 1.98. The fraction of sp³-hybridized carbons (Fsp3) is 0.455. The third-order valence-corrected chi connectivity index (χ3v) is 2.85. The Morgan fingerprint density at radius 2 is 2.27 bits per heavy atom. The zero-order valence-corrected chi connectivity index (χ0v) is 10.4. The van der Waals surface area contributed by atoms with Crippen LogP contribution in [0, 0.1) is 0 Å². The molecule has 0 fully saturated rings. The van der Waals surface area contributed by atoms with Crippen LogP contribution in [0.15, 0.2) is 18.2 Å². The summed E-state index contributed by atoms with van der Waals surface area (Å²) in [5.41, 5.74) is 0.803. The summed E-state index contributed by atoms with van der Waals surface area (Å²) in [6.45, 7) is 2.36. The molecular formula is C11H15ClO2S. The Labute approximate surface area is 99.6 Å². The lowest BCUT2D eigenvalue weighted by Crippen LogP contribution is -2.00. The second-order valence-corrected chi connectivity index (χ2v) is 4.60. The standard InChI is InChI=1S/C11H15ClO2S/c1-8(13)9-3-4-11(10(12)7-9)14-5-6-15-2/h3-4,7-8,13H,5-6H2,1-2H3/t8-/m1/s1. The van der Waals surface area contributed by atoms with Crippen molar-refractivity contribution in [3.63, 3.8) is 0 Å². The molecule has 0 heterocycles. The summed E-state index contributed by atoms with van der Waals surface area (Å²) in [5, 5.41) is 9.90. The van der Waals surface area contributed by atoms with Crippen molar-refractivity contribution in [1.82, 2.24) is 0 Å². The Kier molecular flexibility index (Phi) is 5.29. The first kappa shape index (κ1) is 12.7. The molecule has 0 aliphatic carbocycles. The smallest absolute Gasteiger partial charge is 0.137 e. The van der Waals surface area contributed by atoms with E-state index in [1.165, 1.54) is 0 Å². The maximum absolute atomic E-state index is 9.35. The molecule has 4 heteroatoms. The molecule has 1 aromatic carbocycles. The topological polar surface area (TPSA) is 29.5 Å². The lowest BCUT2D eigenvalue weighted by molar-refractivity contribution is 0.199. The normalized spacial score (nSPS) is 12.5. The summed E-state index contributed by atoms with van der Waals surface area (Å²) >= 11 is 7.74. The van der Waals surface area contributed by atoms with E-state index in [9.17, 15) is 5.11 Å². The molecule has 1 aromatic rings. The van der Waals surface area contributed by atoms with Crippen molar-refractivity contribution in [2.75, 3.05) is 18.6 Å². The van der Waals surface area contributed by atoms with E-state index < -0.39 is 6.10 Å². The van der Waals surface area contributed by atoms with Crippen molar-refractivity contribution in [2.45, 2.75) is 13.0 Å². The number of halogens is 1. The van der Waals surface area contributed by atoms with Crippen LogP contribution in [0.25, 0.3) is 0 Å². The van der Waals surface area contributed by atoms with E-state index >= 15 is 0 Å². The van der Waals surface area contributed by atoms with Gasteiger partial charge in [0.15, 0.2) is 0 Å². The molecule has 0 aromatic heterocycles. The van der Waals surface area contributed by atoms with Gasteiger partial charge in [-0.2, -0.15) is 11.8 Å². The van der Waals surface area contributed by atoms with Gasteiger partial charge in [0.2, 0.25) is 0 Å². The summed E-state index contributed by atoms with van der Waals surface area (Å²) in [6, 6.07) is 5.36. The van der Waals surface area contributed by atoms with Gasteiger partial charge in [-0.05, 0) is 30.9 Å². The molecule has 15 heavy (non-hydrogen) atoms. The molecule has 0 bridgehead atoms. The van der Waals surface area contributed by atoms with Gasteiger partial charge in [0, 0.05) is 5.75 Å². The molecule has 0 aliphatic rings. The molecule has 2 nitrogen and oxygen atoms in total. The van der Waals surface area contributed by atoms with E-state index in [0.29, 0.717) is 17.4 Å². The minimum atomic E-state index is -0.497. The average molecular weight is 247 g/mol. The number of hydrogen-bond donors (Lipinski definition) is 1. The van der Waals surface area contributed by atoms with Crippen LogP contribution in [0.3, 0.4) is 0 Å². The van der Waals surface area contributed by atoms with Gasteiger partial charge in [-0.3, -0.25) is 0 Å². The molecule has 0 saturated heterocycles. The molecule has 0 amide bonds. The summed E-state index contributed by atoms with van der Waals surface area (Å²) in [6.07, 6.45) is 1.53. The molecule has 1 atom stereocenters. The first-order chi connectivity index (χ1) is 7.15. The van der Waals surface area contributed by atoms with Crippen LogP contribution < -0.4 is 4.74 Å². The second kappa shape index (κ2) is 6.26. The highest BCUT2D eigenvalue weighted by Crippen LogP contribution is 2.27. The Balaban J connectivity index is 2.66. The van der Waals surface area contributed by atoms with E-state index in [1.807, 2.05) is 12.3 Å². The highest BCUT2D eigenvalue weighted by Gasteiger charge is 2.06. The number of aliphatic hydroxyl groups is 1. The number of ether oxygens (including phenoxy) is 1. The highest BCUT2D eigenvalue weighted by atomic mass is 35.5. The molecule has 0 radical (unpaired) electrons. The van der Waals surface area contributed by atoms with E-state index in [0.717, 1.165) is 11.3 Å². The lowest BCUT2D eigenvalue weighted by Gasteiger charge is -2.10. The third kappa shape index (κ3) is 3.93. The van der Waals surface area contributed by atoms with Crippen LogP contribution in [0.5, 0.6) is 5.75 Å². The number of thioether (sulfide) groups is 1. The maximum atomic E-state index is 9.35. The largest absolute Gasteiger partial charge is 0.491 e. The zero-order valence-electron chi connectivity index (χ0n) is 8.87. The van der Waals surface area contributed by atoms with Crippen molar-refractivity contribution in [3.05, 3.63) is 28.8 Å². The summed E-state index contributed by atoms with van der Waals surface area (Å²) in [5.74, 6) is 1.62. The van der Waals surface area contributed by atoms with Gasteiger partial charge in [0.25, 0.3) is 0 Å². The van der Waals surface area contributed by atoms with Crippen LogP contribution in [0.2, 0.25) is 5.02 Å². The highest BCUT2D eigenvalue weighted by molar-refractivity contribution is 7.98. The molecular weight excluding hydrogens is 232 g/mol. The lowest BCUT2D eigenvalue weighted by atomic mass is 10.1. The van der Waals surface area contributed by atoms with Crippen molar-refractivity contribution >= 4 is 23.4 Å². The fourth-order valence-electron chi connectivity index (χ4n) is 1.13. The first-order valence-electron chi connectivity index (χ1n) is 4.74. The van der Waals surface area contributed by atoms with Crippen LogP contribution in [-0.4, -0.2) is 23.7 Å². The van der Waals surface area contributed by atoms with E-state index in [4.69, 9.17) is 16.3 Å². The van der Waals surface area contributed by atoms with Crippen LogP contribution in [0.4, 0.5) is 0 Å². The molecule has 84 valence electrons. The summed E-state index contributed by atoms with van der Waals surface area (Å²) in [7, 11) is 0. The number of rotatable bonds is 5. The summed E-state index contributed by atoms with van der Waals surface area (Å²) < 4.78 is 5.48. The Morgan fingerprint density at radius 3 is 2.80 bits per heavy atom. The van der Waals surface area contributed by atoms with Crippen LogP contribution in [0.1, 0.15) is 18.6 Å². The number of benzene rings is 1. The van der Waals surface area contributed by atoms with E-state index in [2.05, 4.69) is 0 Å². The number of hydrogen-bond acceptors (Lipinski definition) is 3. The van der Waals surface area contributed by atoms with Crippen molar-refractivity contribution in [2.24, 2.45) is 0 Å². The van der Waals surface area contributed by atoms with Crippen molar-refractivity contribution < 1.29 is 9.84 Å². The molecule has 0 saturated carbocycles. The van der Waals surface area contributed by atoms with Crippen molar-refractivity contribution in [3.8, 4) is 5.75 Å². The quantitative estimate of drug-likeness (QED) is 0.810. The average Bonchev–Trinajstić information content (AvgIpc) is 2.20. The monoisotopic (exact) mass is 246 g/mol. The fourth-order valence-corrected chi connectivity index (χ4v) is 1.62. The predicted octanol–water partition coefficient (Wildman–Crippen LogP) is 3.14. The number of aliphatic hydroxyl groups excluding tert-OH is 1. The SMILES string of the molecule is CSCCOc1ccc([C@@H](C)O)cc1Cl. The molecule has 0 aliphatic heterocycles. The van der Waals surface area contributed by atoms with Gasteiger partial charge in [0.1, 0.15) is 5.75 Å². The van der Waals surface area contributed by atoms with Gasteiger partial charge in [-0.25, -0.2) is 0 Å². The second-order valence-electron chi connectivity index (χ2n) is 3.21. The van der Waals surface area contributed by atoms with Gasteiger partial charge in [-0.15, -0.1) is 0 Å². The summed E-state index contributed by atoms with van der Waals surface area (Å²) in [4.78, 5) is 0. The minimum absolute atomic E-state index is 0.497. The van der Waals surface area contributed by atoms with Gasteiger partial charge in [-0.1, -0.05) is 17.7 Å². The van der Waals surface area contributed by atoms with Crippen LogP contribution >= 0.6 is 23.4 Å². The first-order valence-corrected chi connectivity index (χ1v) is 6.51. The van der Waals surface area contributed by atoms with E-state index in [-0.39, 0.29) is 0 Å². The van der Waals surface area contributed by atoms with Crippen LogP contribution in [-0.2, 0) is 0 Å². The molecule has 1 rings (SSSR count). The Morgan fingerprint density at radius 1 is 1.53 bits per heavy atom. The molecule has 0 unspecified atom stereocenters. The Bertz CT molecular complexity index is 315. The Hall–Kier alpha value is -0.380. The molecule has 1 N–H and O–H groups in total. The zero-order chi connectivity index (χ0) is 11.3. The minimum Gasteiger partial charge on any atom is -0.491 e. The van der Waals surface area contributed by atoms with Gasteiger partial charge >= 0.3 is 0 Å². The van der Waals surface area contributed by atoms with E-state index in [1.54, 1.807) is 30.8 Å². The maximum Gasteiger partial charge on any atom is 0.137 e. The predicted molar refractivity (Wildman–Crippen MR) is 66.0 cm³/mol. The van der Waals surface area contributed by atoms with Crippen molar-refractivity contribution in [1.29, 1.82) is 0 Å². The molecule has 0 spiro atoms. The van der Waals surface area contributed by atoms with Gasteiger partial charge in [0.05, 0.1) is 17.7 Å².